The van der Waals surface area contributed by atoms with Gasteiger partial charge in [-0.25, -0.2) is 4.98 Å². The number of amides is 1. The second-order valence-corrected chi connectivity index (χ2v) is 8.01. The van der Waals surface area contributed by atoms with Crippen LogP contribution < -0.4 is 10.1 Å². The molecule has 0 saturated carbocycles. The summed E-state index contributed by atoms with van der Waals surface area (Å²) in [5.41, 5.74) is 1.56. The van der Waals surface area contributed by atoms with Crippen LogP contribution >= 0.6 is 11.3 Å². The summed E-state index contributed by atoms with van der Waals surface area (Å²) in [5.74, 6) is -0.646. The van der Waals surface area contributed by atoms with Crippen molar-refractivity contribution in [3.63, 3.8) is 0 Å². The van der Waals surface area contributed by atoms with E-state index in [-0.39, 0.29) is 22.2 Å². The molecule has 8 nitrogen and oxygen atoms in total. The number of anilines is 1. The van der Waals surface area contributed by atoms with E-state index in [1.165, 1.54) is 5.51 Å². The predicted octanol–water partition coefficient (Wildman–Crippen LogP) is 4.69. The van der Waals surface area contributed by atoms with Gasteiger partial charge in [0.1, 0.15) is 23.1 Å². The first kappa shape index (κ1) is 24.3. The van der Waals surface area contributed by atoms with Crippen molar-refractivity contribution >= 4 is 22.4 Å². The maximum atomic E-state index is 13.2. The van der Waals surface area contributed by atoms with Crippen molar-refractivity contribution in [3.8, 4) is 22.8 Å². The quantitative estimate of drug-likeness (QED) is 0.336. The molecule has 0 aliphatic carbocycles. The summed E-state index contributed by atoms with van der Waals surface area (Å²) in [6.45, 7) is -0.467. The normalized spacial score (nSPS) is 12.3. The van der Waals surface area contributed by atoms with Crippen LogP contribution in [0.5, 0.6) is 11.5 Å². The van der Waals surface area contributed by atoms with E-state index in [0.29, 0.717) is 23.0 Å². The van der Waals surface area contributed by atoms with Crippen molar-refractivity contribution in [3.05, 3.63) is 83.0 Å². The van der Waals surface area contributed by atoms with E-state index in [0.717, 1.165) is 23.5 Å². The minimum atomic E-state index is -4.65. The number of aliphatic hydroxyl groups excluding tert-OH is 2. The highest BCUT2D eigenvalue weighted by atomic mass is 32.1. The van der Waals surface area contributed by atoms with E-state index >= 15 is 0 Å². The van der Waals surface area contributed by atoms with Gasteiger partial charge in [-0.1, -0.05) is 17.4 Å². The van der Waals surface area contributed by atoms with Gasteiger partial charge in [0.05, 0.1) is 29.1 Å². The number of benzene rings is 2. The predicted molar refractivity (Wildman–Crippen MR) is 121 cm³/mol. The minimum Gasteiger partial charge on any atom is -0.457 e. The minimum absolute atomic E-state index is 0.0843. The summed E-state index contributed by atoms with van der Waals surface area (Å²) in [4.78, 5) is 17.0. The monoisotopic (exact) mass is 502 g/mol. The molecule has 1 unspecified atom stereocenters. The molecule has 1 atom stereocenters. The average molecular weight is 502 g/mol. The summed E-state index contributed by atoms with van der Waals surface area (Å²) in [6, 6.07) is 14.1. The van der Waals surface area contributed by atoms with Gasteiger partial charge >= 0.3 is 6.18 Å². The van der Waals surface area contributed by atoms with Crippen LogP contribution in [0.3, 0.4) is 0 Å². The molecule has 4 rings (SSSR count). The third kappa shape index (κ3) is 5.80. The van der Waals surface area contributed by atoms with Crippen LogP contribution in [0.1, 0.15) is 27.7 Å². The number of nitrogens with one attached hydrogen (secondary N) is 1. The molecule has 12 heteroatoms. The molecule has 0 saturated heterocycles. The first-order valence-corrected chi connectivity index (χ1v) is 11.0. The van der Waals surface area contributed by atoms with E-state index in [9.17, 15) is 23.1 Å². The zero-order valence-electron chi connectivity index (χ0n) is 17.7. The molecule has 0 bridgehead atoms. The van der Waals surface area contributed by atoms with E-state index in [4.69, 9.17) is 9.84 Å². The lowest BCUT2D eigenvalue weighted by molar-refractivity contribution is -0.137. The van der Waals surface area contributed by atoms with Gasteiger partial charge in [0.15, 0.2) is 0 Å². The van der Waals surface area contributed by atoms with Gasteiger partial charge < -0.3 is 14.9 Å². The van der Waals surface area contributed by atoms with Crippen molar-refractivity contribution in [1.82, 2.24) is 15.2 Å². The number of rotatable bonds is 7. The summed E-state index contributed by atoms with van der Waals surface area (Å²) in [6.07, 6.45) is -5.76. The molecule has 4 aromatic rings. The van der Waals surface area contributed by atoms with Crippen molar-refractivity contribution in [1.29, 1.82) is 0 Å². The largest absolute Gasteiger partial charge is 0.457 e. The number of aliphatic hydroxyl groups is 2. The molecule has 1 amide bonds. The molecule has 2 aromatic heterocycles. The Kier molecular flexibility index (Phi) is 7.05. The second-order valence-electron chi connectivity index (χ2n) is 7.18. The van der Waals surface area contributed by atoms with Crippen molar-refractivity contribution in [2.24, 2.45) is 0 Å². The lowest BCUT2D eigenvalue weighted by Gasteiger charge is -2.14. The summed E-state index contributed by atoms with van der Waals surface area (Å²) in [5, 5.41) is 28.7. The van der Waals surface area contributed by atoms with Crippen LogP contribution in [0.4, 0.5) is 18.3 Å². The number of carbonyl (C=O) groups excluding carboxylic acids is 1. The Morgan fingerprint density at radius 2 is 1.89 bits per heavy atom. The van der Waals surface area contributed by atoms with Crippen molar-refractivity contribution in [2.75, 3.05) is 11.9 Å². The molecular formula is C23H17F3N4O4S. The summed E-state index contributed by atoms with van der Waals surface area (Å²) >= 11 is 1.02. The van der Waals surface area contributed by atoms with Gasteiger partial charge in [-0.15, -0.1) is 10.2 Å². The molecule has 0 aliphatic rings. The lowest BCUT2D eigenvalue weighted by atomic mass is 10.1. The molecule has 0 fully saturated rings. The first-order valence-electron chi connectivity index (χ1n) is 10.1. The molecule has 0 aliphatic heterocycles. The molecule has 0 spiro atoms. The third-order valence-corrected chi connectivity index (χ3v) is 5.40. The van der Waals surface area contributed by atoms with Gasteiger partial charge in [-0.2, -0.15) is 13.2 Å². The van der Waals surface area contributed by atoms with Crippen LogP contribution in [0.25, 0.3) is 11.3 Å². The van der Waals surface area contributed by atoms with Crippen LogP contribution in [0.15, 0.2) is 66.2 Å². The average Bonchev–Trinajstić information content (AvgIpc) is 3.36. The number of ether oxygens (including phenoxy) is 1. The number of pyridine rings is 1. The maximum Gasteiger partial charge on any atom is 0.416 e. The number of carbonyl (C=O) groups is 1. The highest BCUT2D eigenvalue weighted by Gasteiger charge is 2.32. The Morgan fingerprint density at radius 3 is 2.54 bits per heavy atom. The Balaban J connectivity index is 1.60. The van der Waals surface area contributed by atoms with E-state index in [1.54, 1.807) is 42.5 Å². The Morgan fingerprint density at radius 1 is 1.11 bits per heavy atom. The number of hydrogen-bond acceptors (Lipinski definition) is 8. The first-order chi connectivity index (χ1) is 16.7. The maximum absolute atomic E-state index is 13.2. The fourth-order valence-corrected chi connectivity index (χ4v) is 3.52. The van der Waals surface area contributed by atoms with Gasteiger partial charge in [-0.3, -0.25) is 10.1 Å². The van der Waals surface area contributed by atoms with Crippen LogP contribution in [0.2, 0.25) is 0 Å². The van der Waals surface area contributed by atoms with E-state index in [1.807, 2.05) is 0 Å². The van der Waals surface area contributed by atoms with Gasteiger partial charge in [0, 0.05) is 5.56 Å². The molecular weight excluding hydrogens is 485 g/mol. The topological polar surface area (TPSA) is 117 Å². The molecule has 2 heterocycles. The molecule has 3 N–H and O–H groups in total. The Labute approximate surface area is 200 Å². The Bertz CT molecular complexity index is 1320. The smallest absolute Gasteiger partial charge is 0.416 e. The number of hydrogen-bond donors (Lipinski definition) is 3. The molecule has 0 radical (unpaired) electrons. The standard InChI is InChI=1S/C23H17F3N4O4S/c24-23(25,26)14-6-9-20(16(10-14)21(33)29-22-30-27-12-35-22)34-15-7-4-13(5-8-15)17-2-1-3-18(28-17)19(32)11-31/h1-10,12,19,31-32H,11H2,(H,29,30,33). The zero-order chi connectivity index (χ0) is 25.0. The van der Waals surface area contributed by atoms with Gasteiger partial charge in [0.2, 0.25) is 5.13 Å². The van der Waals surface area contributed by atoms with E-state index < -0.39 is 30.4 Å². The highest BCUT2D eigenvalue weighted by molar-refractivity contribution is 7.13. The lowest BCUT2D eigenvalue weighted by Crippen LogP contribution is -2.15. The zero-order valence-corrected chi connectivity index (χ0v) is 18.5. The fourth-order valence-electron chi connectivity index (χ4n) is 3.08. The molecule has 2 aromatic carbocycles. The number of aromatic nitrogens is 3. The van der Waals surface area contributed by atoms with Crippen LogP contribution in [-0.4, -0.2) is 37.9 Å². The Hall–Kier alpha value is -3.87. The summed E-state index contributed by atoms with van der Waals surface area (Å²) < 4.78 is 45.5. The molecule has 35 heavy (non-hydrogen) atoms. The number of nitrogens with zero attached hydrogens (tertiary/aromatic N) is 3. The number of halogens is 3. The van der Waals surface area contributed by atoms with E-state index in [2.05, 4.69) is 20.5 Å². The second kappa shape index (κ2) is 10.2. The van der Waals surface area contributed by atoms with Crippen molar-refractivity contribution < 1.29 is 32.9 Å². The molecule has 180 valence electrons. The summed E-state index contributed by atoms with van der Waals surface area (Å²) in [7, 11) is 0. The van der Waals surface area contributed by atoms with Gasteiger partial charge in [0.25, 0.3) is 5.91 Å². The van der Waals surface area contributed by atoms with Crippen LogP contribution in [0, 0.1) is 0 Å². The SMILES string of the molecule is O=C(Nc1nncs1)c1cc(C(F)(F)F)ccc1Oc1ccc(-c2cccc(C(O)CO)n2)cc1. The van der Waals surface area contributed by atoms with Crippen LogP contribution in [-0.2, 0) is 6.18 Å². The fraction of sp³-hybridized carbons (Fsp3) is 0.130. The number of alkyl halides is 3. The highest BCUT2D eigenvalue weighted by Crippen LogP contribution is 2.35. The third-order valence-electron chi connectivity index (χ3n) is 4.79. The van der Waals surface area contributed by atoms with Gasteiger partial charge in [-0.05, 0) is 54.6 Å². The van der Waals surface area contributed by atoms with Crippen molar-refractivity contribution in [2.45, 2.75) is 12.3 Å².